The Hall–Kier alpha value is -1.55. The number of rotatable bonds is 5. The molecule has 4 heteroatoms. The number of nitrogens with zero attached hydrogens (tertiary/aromatic N) is 2. The quantitative estimate of drug-likeness (QED) is 0.836. The Morgan fingerprint density at radius 2 is 2.13 bits per heavy atom. The van der Waals surface area contributed by atoms with E-state index in [0.29, 0.717) is 12.0 Å². The zero-order valence-electron chi connectivity index (χ0n) is 15.1. The number of amides is 1. The minimum Gasteiger partial charge on any atom is -0.484 e. The fraction of sp³-hybridized carbons (Fsp3) is 0.632. The van der Waals surface area contributed by atoms with Gasteiger partial charge in [-0.3, -0.25) is 4.79 Å². The Kier molecular flexibility index (Phi) is 6.05. The van der Waals surface area contributed by atoms with Crippen molar-refractivity contribution in [3.8, 4) is 5.75 Å². The van der Waals surface area contributed by atoms with E-state index in [-0.39, 0.29) is 12.5 Å². The number of likely N-dealkylation sites (tertiary alicyclic amines) is 1. The summed E-state index contributed by atoms with van der Waals surface area (Å²) in [5.74, 6) is 1.37. The third kappa shape index (κ3) is 4.71. The van der Waals surface area contributed by atoms with Gasteiger partial charge in [0.1, 0.15) is 5.75 Å². The van der Waals surface area contributed by atoms with Gasteiger partial charge in [-0.05, 0) is 63.0 Å². The van der Waals surface area contributed by atoms with Crippen molar-refractivity contribution >= 4 is 5.91 Å². The number of carbonyl (C=O) groups excluding carboxylic acids is 1. The summed E-state index contributed by atoms with van der Waals surface area (Å²) in [6.07, 6.45) is 2.23. The first-order chi connectivity index (χ1) is 10.9. The zero-order valence-corrected chi connectivity index (χ0v) is 15.1. The summed E-state index contributed by atoms with van der Waals surface area (Å²) in [6.45, 7) is 8.24. The van der Waals surface area contributed by atoms with Crippen molar-refractivity contribution in [2.75, 3.05) is 33.8 Å². The highest BCUT2D eigenvalue weighted by molar-refractivity contribution is 5.78. The van der Waals surface area contributed by atoms with Crippen LogP contribution in [0.15, 0.2) is 18.2 Å². The molecule has 1 aliphatic rings. The summed E-state index contributed by atoms with van der Waals surface area (Å²) in [4.78, 5) is 16.5. The maximum absolute atomic E-state index is 12.4. The lowest BCUT2D eigenvalue weighted by Gasteiger charge is -2.36. The van der Waals surface area contributed by atoms with E-state index in [4.69, 9.17) is 4.74 Å². The van der Waals surface area contributed by atoms with Crippen molar-refractivity contribution < 1.29 is 9.53 Å². The number of aryl methyl sites for hydroxylation is 1. The molecule has 1 atom stereocenters. The number of benzene rings is 1. The fourth-order valence-corrected chi connectivity index (χ4v) is 3.22. The average Bonchev–Trinajstić information content (AvgIpc) is 2.52. The van der Waals surface area contributed by atoms with Crippen LogP contribution in [0, 0.1) is 6.92 Å². The lowest BCUT2D eigenvalue weighted by Crippen LogP contribution is -2.48. The second kappa shape index (κ2) is 7.82. The first-order valence-electron chi connectivity index (χ1n) is 8.56. The van der Waals surface area contributed by atoms with Gasteiger partial charge in [-0.1, -0.05) is 19.9 Å². The normalized spacial score (nSPS) is 18.6. The Morgan fingerprint density at radius 1 is 1.39 bits per heavy atom. The molecule has 0 aromatic heterocycles. The van der Waals surface area contributed by atoms with Gasteiger partial charge in [-0.25, -0.2) is 0 Å². The van der Waals surface area contributed by atoms with E-state index in [1.54, 1.807) is 0 Å². The SMILES string of the molecule is Cc1cc(OCC(=O)N2CCCC(N(C)C)C2)ccc1C(C)C. The summed E-state index contributed by atoms with van der Waals surface area (Å²) in [5.41, 5.74) is 2.55. The number of ether oxygens (including phenoxy) is 1. The van der Waals surface area contributed by atoms with E-state index in [9.17, 15) is 4.79 Å². The highest BCUT2D eigenvalue weighted by Gasteiger charge is 2.24. The van der Waals surface area contributed by atoms with E-state index < -0.39 is 0 Å². The Labute approximate surface area is 140 Å². The summed E-state index contributed by atoms with van der Waals surface area (Å²) in [7, 11) is 4.16. The Bertz CT molecular complexity index is 540. The number of likely N-dealkylation sites (N-methyl/N-ethyl adjacent to an activating group) is 1. The van der Waals surface area contributed by atoms with Crippen LogP contribution in [0.2, 0.25) is 0 Å². The van der Waals surface area contributed by atoms with Gasteiger partial charge in [0.2, 0.25) is 0 Å². The molecule has 4 nitrogen and oxygen atoms in total. The van der Waals surface area contributed by atoms with Crippen LogP contribution < -0.4 is 4.74 Å². The van der Waals surface area contributed by atoms with Crippen LogP contribution in [0.4, 0.5) is 0 Å². The number of piperidine rings is 1. The minimum atomic E-state index is 0.0853. The van der Waals surface area contributed by atoms with Crippen LogP contribution in [-0.2, 0) is 4.79 Å². The molecule has 0 aliphatic carbocycles. The highest BCUT2D eigenvalue weighted by Crippen LogP contribution is 2.23. The largest absolute Gasteiger partial charge is 0.484 e. The second-order valence-electron chi connectivity index (χ2n) is 7.06. The smallest absolute Gasteiger partial charge is 0.260 e. The first-order valence-corrected chi connectivity index (χ1v) is 8.56. The van der Waals surface area contributed by atoms with Crippen LogP contribution in [0.1, 0.15) is 43.7 Å². The van der Waals surface area contributed by atoms with Crippen molar-refractivity contribution in [2.45, 2.75) is 45.6 Å². The Balaban J connectivity index is 1.90. The standard InChI is InChI=1S/C19H30N2O2/c1-14(2)18-9-8-17(11-15(18)3)23-13-19(22)21-10-6-7-16(12-21)20(4)5/h8-9,11,14,16H,6-7,10,12-13H2,1-5H3. The highest BCUT2D eigenvalue weighted by atomic mass is 16.5. The monoisotopic (exact) mass is 318 g/mol. The van der Waals surface area contributed by atoms with Crippen molar-refractivity contribution in [2.24, 2.45) is 0 Å². The number of carbonyl (C=O) groups is 1. The maximum Gasteiger partial charge on any atom is 0.260 e. The molecule has 1 aliphatic heterocycles. The number of hydrogen-bond acceptors (Lipinski definition) is 3. The van der Waals surface area contributed by atoms with Gasteiger partial charge in [-0.2, -0.15) is 0 Å². The molecule has 23 heavy (non-hydrogen) atoms. The van der Waals surface area contributed by atoms with Gasteiger partial charge in [0, 0.05) is 19.1 Å². The molecule has 0 N–H and O–H groups in total. The summed E-state index contributed by atoms with van der Waals surface area (Å²) in [6, 6.07) is 6.55. The predicted octanol–water partition coefficient (Wildman–Crippen LogP) is 3.05. The Morgan fingerprint density at radius 3 is 2.74 bits per heavy atom. The van der Waals surface area contributed by atoms with Gasteiger partial charge in [0.05, 0.1) is 0 Å². The molecule has 1 fully saturated rings. The van der Waals surface area contributed by atoms with E-state index >= 15 is 0 Å². The summed E-state index contributed by atoms with van der Waals surface area (Å²) in [5, 5.41) is 0. The molecule has 1 aromatic rings. The van der Waals surface area contributed by atoms with Crippen LogP contribution in [-0.4, -0.2) is 55.5 Å². The van der Waals surface area contributed by atoms with Crippen LogP contribution in [0.5, 0.6) is 5.75 Å². The minimum absolute atomic E-state index is 0.0853. The predicted molar refractivity (Wildman–Crippen MR) is 94.1 cm³/mol. The molecule has 1 amide bonds. The van der Waals surface area contributed by atoms with Gasteiger partial charge in [0.25, 0.3) is 5.91 Å². The maximum atomic E-state index is 12.4. The summed E-state index contributed by atoms with van der Waals surface area (Å²) < 4.78 is 5.73. The molecular formula is C19H30N2O2. The van der Waals surface area contributed by atoms with Crippen molar-refractivity contribution in [3.05, 3.63) is 29.3 Å². The fourth-order valence-electron chi connectivity index (χ4n) is 3.22. The molecule has 2 rings (SSSR count). The topological polar surface area (TPSA) is 32.8 Å². The van der Waals surface area contributed by atoms with Crippen molar-refractivity contribution in [3.63, 3.8) is 0 Å². The van der Waals surface area contributed by atoms with Gasteiger partial charge >= 0.3 is 0 Å². The number of hydrogen-bond donors (Lipinski definition) is 0. The second-order valence-corrected chi connectivity index (χ2v) is 7.06. The van der Waals surface area contributed by atoms with E-state index in [0.717, 1.165) is 31.7 Å². The molecular weight excluding hydrogens is 288 g/mol. The molecule has 1 aromatic carbocycles. The van der Waals surface area contributed by atoms with Crippen molar-refractivity contribution in [1.82, 2.24) is 9.80 Å². The molecule has 0 spiro atoms. The van der Waals surface area contributed by atoms with Crippen molar-refractivity contribution in [1.29, 1.82) is 0 Å². The van der Waals surface area contributed by atoms with E-state index in [1.807, 2.05) is 17.0 Å². The zero-order chi connectivity index (χ0) is 17.0. The van der Waals surface area contributed by atoms with Crippen LogP contribution in [0.3, 0.4) is 0 Å². The molecule has 0 saturated carbocycles. The van der Waals surface area contributed by atoms with Gasteiger partial charge in [0.15, 0.2) is 6.61 Å². The molecule has 1 unspecified atom stereocenters. The van der Waals surface area contributed by atoms with E-state index in [2.05, 4.69) is 45.8 Å². The van der Waals surface area contributed by atoms with Crippen LogP contribution >= 0.6 is 0 Å². The molecule has 0 bridgehead atoms. The molecule has 0 radical (unpaired) electrons. The van der Waals surface area contributed by atoms with Gasteiger partial charge in [-0.15, -0.1) is 0 Å². The summed E-state index contributed by atoms with van der Waals surface area (Å²) >= 11 is 0. The third-order valence-electron chi connectivity index (χ3n) is 4.71. The lowest BCUT2D eigenvalue weighted by atomic mass is 9.98. The molecule has 1 saturated heterocycles. The molecule has 128 valence electrons. The average molecular weight is 318 g/mol. The lowest BCUT2D eigenvalue weighted by molar-refractivity contribution is -0.135. The van der Waals surface area contributed by atoms with Crippen LogP contribution in [0.25, 0.3) is 0 Å². The van der Waals surface area contributed by atoms with Gasteiger partial charge < -0.3 is 14.5 Å². The first kappa shape index (κ1) is 17.8. The molecule has 1 heterocycles. The van der Waals surface area contributed by atoms with E-state index in [1.165, 1.54) is 11.1 Å². The third-order valence-corrected chi connectivity index (χ3v) is 4.71.